The van der Waals surface area contributed by atoms with Crippen LogP contribution in [-0.4, -0.2) is 37.0 Å². The van der Waals surface area contributed by atoms with Crippen LogP contribution in [0.3, 0.4) is 0 Å². The Hall–Kier alpha value is -3.89. The first-order chi connectivity index (χ1) is 17.1. The summed E-state index contributed by atoms with van der Waals surface area (Å²) in [5.41, 5.74) is 2.81. The van der Waals surface area contributed by atoms with Crippen molar-refractivity contribution in [1.82, 2.24) is 10.2 Å². The van der Waals surface area contributed by atoms with Gasteiger partial charge in [-0.2, -0.15) is 5.26 Å². The molecule has 4 rings (SSSR count). The second-order valence-electron chi connectivity index (χ2n) is 8.58. The Balaban J connectivity index is 1.27. The molecule has 1 saturated heterocycles. The highest BCUT2D eigenvalue weighted by molar-refractivity contribution is 5.94. The molecule has 180 valence electrons. The van der Waals surface area contributed by atoms with E-state index in [1.54, 1.807) is 36.4 Å². The molecule has 0 aliphatic carbocycles. The Morgan fingerprint density at radius 3 is 2.66 bits per heavy atom. The minimum absolute atomic E-state index is 0.0819. The molecule has 1 amide bonds. The number of likely N-dealkylation sites (tertiary alicyclic amines) is 1. The fraction of sp³-hybridized carbons (Fsp3) is 0.286. The van der Waals surface area contributed by atoms with Crippen molar-refractivity contribution in [1.29, 1.82) is 5.26 Å². The summed E-state index contributed by atoms with van der Waals surface area (Å²) in [6.45, 7) is 2.56. The maximum Gasteiger partial charge on any atom is 0.251 e. The Labute approximate surface area is 204 Å². The fourth-order valence-electron chi connectivity index (χ4n) is 4.21. The van der Waals surface area contributed by atoms with Crippen molar-refractivity contribution in [2.24, 2.45) is 0 Å². The van der Waals surface area contributed by atoms with E-state index >= 15 is 0 Å². The molecule has 35 heavy (non-hydrogen) atoms. The summed E-state index contributed by atoms with van der Waals surface area (Å²) in [5, 5.41) is 12.3. The largest absolute Gasteiger partial charge is 0.494 e. The van der Waals surface area contributed by atoms with Crippen molar-refractivity contribution >= 4 is 5.91 Å². The van der Waals surface area contributed by atoms with E-state index in [1.165, 1.54) is 13.2 Å². The minimum atomic E-state index is -0.354. The number of hydrogen-bond donors (Lipinski definition) is 1. The third-order valence-electron chi connectivity index (χ3n) is 6.17. The number of hydrogen-bond acceptors (Lipinski definition) is 5. The van der Waals surface area contributed by atoms with Gasteiger partial charge in [0, 0.05) is 36.8 Å². The molecular weight excluding hydrogens is 445 g/mol. The molecule has 1 aliphatic heterocycles. The molecule has 0 bridgehead atoms. The van der Waals surface area contributed by atoms with Crippen LogP contribution in [0.5, 0.6) is 11.5 Å². The summed E-state index contributed by atoms with van der Waals surface area (Å²) in [6.07, 6.45) is 1.65. The third-order valence-corrected chi connectivity index (χ3v) is 6.17. The van der Waals surface area contributed by atoms with Crippen molar-refractivity contribution in [3.63, 3.8) is 0 Å². The standard InChI is InChI=1S/C28H28FN3O3/c1-34-27-10-9-20(15-26(27)29)18-32-13-11-24(12-14-32)31-28(33)21-7-4-8-25(16-21)35-19-23-6-3-2-5-22(23)17-30/h2-10,15-16,24H,11-14,18-19H2,1H3,(H,31,33). The first-order valence-electron chi connectivity index (χ1n) is 11.6. The minimum Gasteiger partial charge on any atom is -0.494 e. The average Bonchev–Trinajstić information content (AvgIpc) is 2.89. The molecule has 1 fully saturated rings. The number of benzene rings is 3. The predicted molar refractivity (Wildman–Crippen MR) is 131 cm³/mol. The lowest BCUT2D eigenvalue weighted by Crippen LogP contribution is -2.44. The number of nitriles is 1. The van der Waals surface area contributed by atoms with E-state index in [0.29, 0.717) is 23.4 Å². The molecule has 7 heteroatoms. The molecule has 0 unspecified atom stereocenters. The summed E-state index contributed by atoms with van der Waals surface area (Å²) in [6, 6.07) is 21.6. The van der Waals surface area contributed by atoms with Crippen LogP contribution in [0, 0.1) is 17.1 Å². The average molecular weight is 474 g/mol. The maximum atomic E-state index is 14.0. The van der Waals surface area contributed by atoms with Gasteiger partial charge in [0.2, 0.25) is 0 Å². The van der Waals surface area contributed by atoms with Gasteiger partial charge in [0.25, 0.3) is 5.91 Å². The Bertz CT molecular complexity index is 1220. The Morgan fingerprint density at radius 1 is 1.11 bits per heavy atom. The quantitative estimate of drug-likeness (QED) is 0.514. The second-order valence-corrected chi connectivity index (χ2v) is 8.58. The molecule has 0 atom stereocenters. The van der Waals surface area contributed by atoms with Gasteiger partial charge in [0.15, 0.2) is 11.6 Å². The summed E-state index contributed by atoms with van der Waals surface area (Å²) in [5.74, 6) is 0.333. The summed E-state index contributed by atoms with van der Waals surface area (Å²) < 4.78 is 24.8. The van der Waals surface area contributed by atoms with Crippen molar-refractivity contribution in [3.8, 4) is 17.6 Å². The van der Waals surface area contributed by atoms with Gasteiger partial charge < -0.3 is 14.8 Å². The predicted octanol–water partition coefficient (Wildman–Crippen LogP) is 4.68. The molecule has 1 N–H and O–H groups in total. The third kappa shape index (κ3) is 6.37. The number of nitrogens with one attached hydrogen (secondary N) is 1. The Kier molecular flexibility index (Phi) is 7.96. The lowest BCUT2D eigenvalue weighted by atomic mass is 10.0. The molecule has 0 radical (unpaired) electrons. The van der Waals surface area contributed by atoms with Crippen LogP contribution < -0.4 is 14.8 Å². The molecule has 3 aromatic rings. The van der Waals surface area contributed by atoms with Gasteiger partial charge in [-0.25, -0.2) is 4.39 Å². The molecule has 1 aliphatic rings. The first kappa shape index (κ1) is 24.2. The molecule has 0 saturated carbocycles. The van der Waals surface area contributed by atoms with Gasteiger partial charge in [0.05, 0.1) is 18.7 Å². The Morgan fingerprint density at radius 2 is 1.91 bits per heavy atom. The molecule has 3 aromatic carbocycles. The van der Waals surface area contributed by atoms with Crippen molar-refractivity contribution in [2.45, 2.75) is 32.0 Å². The number of ether oxygens (including phenoxy) is 2. The van der Waals surface area contributed by atoms with Crippen molar-refractivity contribution < 1.29 is 18.7 Å². The highest BCUT2D eigenvalue weighted by Crippen LogP contribution is 2.21. The van der Waals surface area contributed by atoms with Crippen LogP contribution in [0.2, 0.25) is 0 Å². The van der Waals surface area contributed by atoms with Gasteiger partial charge >= 0.3 is 0 Å². The van der Waals surface area contributed by atoms with Gasteiger partial charge in [0.1, 0.15) is 12.4 Å². The highest BCUT2D eigenvalue weighted by atomic mass is 19.1. The zero-order chi connectivity index (χ0) is 24.6. The van der Waals surface area contributed by atoms with Crippen molar-refractivity contribution in [3.05, 3.63) is 94.8 Å². The number of carbonyl (C=O) groups excluding carboxylic acids is 1. The molecule has 0 aromatic heterocycles. The number of nitrogens with zero attached hydrogens (tertiary/aromatic N) is 2. The summed E-state index contributed by atoms with van der Waals surface area (Å²) in [7, 11) is 1.45. The lowest BCUT2D eigenvalue weighted by molar-refractivity contribution is 0.0908. The van der Waals surface area contributed by atoms with Gasteiger partial charge in [-0.1, -0.05) is 30.3 Å². The van der Waals surface area contributed by atoms with E-state index in [2.05, 4.69) is 16.3 Å². The van der Waals surface area contributed by atoms with Crippen molar-refractivity contribution in [2.75, 3.05) is 20.2 Å². The highest BCUT2D eigenvalue weighted by Gasteiger charge is 2.22. The van der Waals surface area contributed by atoms with Crippen LogP contribution >= 0.6 is 0 Å². The number of carbonyl (C=O) groups is 1. The maximum absolute atomic E-state index is 14.0. The number of amides is 1. The van der Waals surface area contributed by atoms with E-state index in [-0.39, 0.29) is 30.1 Å². The normalized spacial score (nSPS) is 14.2. The number of halogens is 1. The molecular formula is C28H28FN3O3. The summed E-state index contributed by atoms with van der Waals surface area (Å²) >= 11 is 0. The molecule has 0 spiro atoms. The van der Waals surface area contributed by atoms with E-state index < -0.39 is 0 Å². The zero-order valence-corrected chi connectivity index (χ0v) is 19.7. The number of rotatable bonds is 8. The summed E-state index contributed by atoms with van der Waals surface area (Å²) in [4.78, 5) is 15.1. The van der Waals surface area contributed by atoms with Gasteiger partial charge in [-0.05, 0) is 54.8 Å². The number of methoxy groups -OCH3 is 1. The first-order valence-corrected chi connectivity index (χ1v) is 11.6. The van der Waals surface area contributed by atoms with Crippen LogP contribution in [0.4, 0.5) is 4.39 Å². The topological polar surface area (TPSA) is 74.6 Å². The van der Waals surface area contributed by atoms with Gasteiger partial charge in [-0.15, -0.1) is 0 Å². The van der Waals surface area contributed by atoms with Crippen LogP contribution in [0.25, 0.3) is 0 Å². The van der Waals surface area contributed by atoms with E-state index in [4.69, 9.17) is 9.47 Å². The lowest BCUT2D eigenvalue weighted by Gasteiger charge is -2.32. The SMILES string of the molecule is COc1ccc(CN2CCC(NC(=O)c3cccc(OCc4ccccc4C#N)c3)CC2)cc1F. The second kappa shape index (κ2) is 11.5. The number of piperidine rings is 1. The van der Waals surface area contributed by atoms with E-state index in [9.17, 15) is 14.4 Å². The van der Waals surface area contributed by atoms with Crippen LogP contribution in [-0.2, 0) is 13.2 Å². The van der Waals surface area contributed by atoms with E-state index in [0.717, 1.165) is 37.1 Å². The zero-order valence-electron chi connectivity index (χ0n) is 19.7. The van der Waals surface area contributed by atoms with Gasteiger partial charge in [-0.3, -0.25) is 9.69 Å². The van der Waals surface area contributed by atoms with Crippen LogP contribution in [0.1, 0.15) is 39.9 Å². The molecule has 6 nitrogen and oxygen atoms in total. The van der Waals surface area contributed by atoms with Crippen LogP contribution in [0.15, 0.2) is 66.7 Å². The fourth-order valence-corrected chi connectivity index (χ4v) is 4.21. The monoisotopic (exact) mass is 473 g/mol. The smallest absolute Gasteiger partial charge is 0.251 e. The van der Waals surface area contributed by atoms with E-state index in [1.807, 2.05) is 24.3 Å². The molecule has 1 heterocycles.